The van der Waals surface area contributed by atoms with Gasteiger partial charge in [-0.2, -0.15) is 4.31 Å². The van der Waals surface area contributed by atoms with E-state index >= 15 is 0 Å². The Balaban J connectivity index is 1.77. The van der Waals surface area contributed by atoms with Gasteiger partial charge in [0.25, 0.3) is 0 Å². The molecule has 0 saturated carbocycles. The minimum atomic E-state index is -3.67. The molecule has 2 aromatic heterocycles. The van der Waals surface area contributed by atoms with Crippen molar-refractivity contribution in [2.45, 2.75) is 37.6 Å². The standard InChI is InChI=1S/C19H22N4O3S/c1-15-7-9-16(10-8-15)14-23-19(24)22-13-5-6-17(18(22)20-23)27(25,26)21-11-3-2-4-12-21/h5-10,13H,2-4,11-12,14H2,1H3. The number of fused-ring (bicyclic) bond motifs is 1. The molecule has 142 valence electrons. The fraction of sp³-hybridized carbons (Fsp3) is 0.368. The van der Waals surface area contributed by atoms with Gasteiger partial charge in [-0.15, -0.1) is 5.10 Å². The highest BCUT2D eigenvalue weighted by molar-refractivity contribution is 7.89. The molecule has 0 atom stereocenters. The van der Waals surface area contributed by atoms with Crippen LogP contribution < -0.4 is 5.69 Å². The van der Waals surface area contributed by atoms with E-state index in [2.05, 4.69) is 5.10 Å². The highest BCUT2D eigenvalue weighted by atomic mass is 32.2. The number of hydrogen-bond donors (Lipinski definition) is 0. The van der Waals surface area contributed by atoms with E-state index in [0.29, 0.717) is 19.6 Å². The minimum absolute atomic E-state index is 0.0895. The molecule has 0 N–H and O–H groups in total. The zero-order chi connectivity index (χ0) is 19.0. The summed E-state index contributed by atoms with van der Waals surface area (Å²) in [6.07, 6.45) is 4.32. The molecule has 4 rings (SSSR count). The van der Waals surface area contributed by atoms with Crippen LogP contribution in [0.3, 0.4) is 0 Å². The molecule has 0 amide bonds. The Bertz CT molecular complexity index is 1120. The Kier molecular flexibility index (Phi) is 4.61. The first-order valence-electron chi connectivity index (χ1n) is 9.11. The Morgan fingerprint density at radius 3 is 2.44 bits per heavy atom. The number of aromatic nitrogens is 3. The molecular weight excluding hydrogens is 364 g/mol. The summed E-state index contributed by atoms with van der Waals surface area (Å²) in [5, 5.41) is 4.35. The third kappa shape index (κ3) is 3.30. The molecule has 3 aromatic rings. The number of rotatable bonds is 4. The van der Waals surface area contributed by atoms with Crippen LogP contribution in [-0.2, 0) is 16.6 Å². The molecule has 7 nitrogen and oxygen atoms in total. The average molecular weight is 386 g/mol. The molecule has 1 aromatic carbocycles. The highest BCUT2D eigenvalue weighted by Gasteiger charge is 2.29. The molecule has 0 radical (unpaired) electrons. The van der Waals surface area contributed by atoms with Gasteiger partial charge in [-0.25, -0.2) is 22.3 Å². The quantitative estimate of drug-likeness (QED) is 0.687. The number of pyridine rings is 1. The molecule has 1 fully saturated rings. The largest absolute Gasteiger partial charge is 0.350 e. The van der Waals surface area contributed by atoms with Gasteiger partial charge in [0.2, 0.25) is 10.0 Å². The van der Waals surface area contributed by atoms with Gasteiger partial charge in [0, 0.05) is 19.3 Å². The third-order valence-electron chi connectivity index (χ3n) is 4.96. The first-order chi connectivity index (χ1) is 13.0. The maximum absolute atomic E-state index is 13.1. The van der Waals surface area contributed by atoms with E-state index in [0.717, 1.165) is 30.4 Å². The Labute approximate surface area is 157 Å². The van der Waals surface area contributed by atoms with Gasteiger partial charge in [-0.3, -0.25) is 0 Å². The molecule has 8 heteroatoms. The molecular formula is C19H22N4O3S. The second-order valence-corrected chi connectivity index (χ2v) is 8.86. The summed E-state index contributed by atoms with van der Waals surface area (Å²) in [7, 11) is -3.67. The van der Waals surface area contributed by atoms with Gasteiger partial charge in [0.05, 0.1) is 6.54 Å². The molecule has 0 unspecified atom stereocenters. The molecule has 0 spiro atoms. The van der Waals surface area contributed by atoms with Gasteiger partial charge in [0.1, 0.15) is 4.90 Å². The predicted molar refractivity (Wildman–Crippen MR) is 102 cm³/mol. The maximum Gasteiger partial charge on any atom is 0.350 e. The lowest BCUT2D eigenvalue weighted by atomic mass is 10.1. The van der Waals surface area contributed by atoms with Crippen molar-refractivity contribution in [3.8, 4) is 0 Å². The summed E-state index contributed by atoms with van der Waals surface area (Å²) in [5.41, 5.74) is 1.91. The van der Waals surface area contributed by atoms with E-state index in [-0.39, 0.29) is 16.2 Å². The normalized spacial score (nSPS) is 16.0. The van der Waals surface area contributed by atoms with E-state index in [1.165, 1.54) is 19.5 Å². The molecule has 0 aliphatic carbocycles. The second kappa shape index (κ2) is 6.94. The van der Waals surface area contributed by atoms with E-state index < -0.39 is 10.0 Å². The summed E-state index contributed by atoms with van der Waals surface area (Å²) in [6, 6.07) is 10.9. The monoisotopic (exact) mass is 386 g/mol. The van der Waals surface area contributed by atoms with Crippen LogP contribution in [0.5, 0.6) is 0 Å². The van der Waals surface area contributed by atoms with Crippen molar-refractivity contribution in [1.29, 1.82) is 0 Å². The van der Waals surface area contributed by atoms with Crippen LogP contribution in [-0.4, -0.2) is 40.0 Å². The summed E-state index contributed by atoms with van der Waals surface area (Å²) in [5.74, 6) is 0. The summed E-state index contributed by atoms with van der Waals surface area (Å²) >= 11 is 0. The van der Waals surface area contributed by atoms with Crippen LogP contribution >= 0.6 is 0 Å². The maximum atomic E-state index is 13.1. The topological polar surface area (TPSA) is 76.7 Å². The predicted octanol–water partition coefficient (Wildman–Crippen LogP) is 2.03. The van der Waals surface area contributed by atoms with E-state index in [4.69, 9.17) is 0 Å². The Morgan fingerprint density at radius 1 is 1.04 bits per heavy atom. The number of sulfonamides is 1. The number of benzene rings is 1. The molecule has 1 aliphatic heterocycles. The van der Waals surface area contributed by atoms with E-state index in [9.17, 15) is 13.2 Å². The fourth-order valence-corrected chi connectivity index (χ4v) is 5.07. The number of hydrogen-bond acceptors (Lipinski definition) is 4. The van der Waals surface area contributed by atoms with Gasteiger partial charge in [0.15, 0.2) is 5.65 Å². The Morgan fingerprint density at radius 2 is 1.74 bits per heavy atom. The van der Waals surface area contributed by atoms with Crippen LogP contribution in [0.2, 0.25) is 0 Å². The fourth-order valence-electron chi connectivity index (χ4n) is 3.43. The first kappa shape index (κ1) is 17.9. The highest BCUT2D eigenvalue weighted by Crippen LogP contribution is 2.22. The van der Waals surface area contributed by atoms with Gasteiger partial charge in [-0.1, -0.05) is 36.2 Å². The van der Waals surface area contributed by atoms with Crippen LogP contribution in [0.4, 0.5) is 0 Å². The lowest BCUT2D eigenvalue weighted by Crippen LogP contribution is -2.35. The number of piperidine rings is 1. The van der Waals surface area contributed by atoms with E-state index in [1.54, 1.807) is 12.3 Å². The lowest BCUT2D eigenvalue weighted by molar-refractivity contribution is 0.347. The summed E-state index contributed by atoms with van der Waals surface area (Å²) in [6.45, 7) is 3.32. The van der Waals surface area contributed by atoms with Crippen LogP contribution in [0, 0.1) is 6.92 Å². The van der Waals surface area contributed by atoms with Crippen molar-refractivity contribution in [2.75, 3.05) is 13.1 Å². The molecule has 27 heavy (non-hydrogen) atoms. The zero-order valence-electron chi connectivity index (χ0n) is 15.2. The van der Waals surface area contributed by atoms with Crippen LogP contribution in [0.15, 0.2) is 52.3 Å². The van der Waals surface area contributed by atoms with Crippen molar-refractivity contribution in [3.63, 3.8) is 0 Å². The van der Waals surface area contributed by atoms with Crippen LogP contribution in [0.1, 0.15) is 30.4 Å². The summed E-state index contributed by atoms with van der Waals surface area (Å²) in [4.78, 5) is 12.8. The van der Waals surface area contributed by atoms with Crippen molar-refractivity contribution in [3.05, 3.63) is 64.2 Å². The van der Waals surface area contributed by atoms with Crippen molar-refractivity contribution >= 4 is 15.7 Å². The first-order valence-corrected chi connectivity index (χ1v) is 10.5. The number of aryl methyl sites for hydroxylation is 1. The van der Waals surface area contributed by atoms with Gasteiger partial charge >= 0.3 is 5.69 Å². The lowest BCUT2D eigenvalue weighted by Gasteiger charge is -2.25. The SMILES string of the molecule is Cc1ccc(Cn2nc3c(S(=O)(=O)N4CCCCC4)cccn3c2=O)cc1. The minimum Gasteiger partial charge on any atom is -0.249 e. The van der Waals surface area contributed by atoms with Gasteiger partial charge < -0.3 is 0 Å². The molecule has 1 aliphatic rings. The van der Waals surface area contributed by atoms with E-state index in [1.807, 2.05) is 31.2 Å². The molecule has 3 heterocycles. The third-order valence-corrected chi connectivity index (χ3v) is 6.88. The van der Waals surface area contributed by atoms with Crippen molar-refractivity contribution in [2.24, 2.45) is 0 Å². The van der Waals surface area contributed by atoms with Gasteiger partial charge in [-0.05, 0) is 37.5 Å². The second-order valence-electron chi connectivity index (χ2n) is 6.96. The Hall–Kier alpha value is -2.45. The van der Waals surface area contributed by atoms with Crippen molar-refractivity contribution < 1.29 is 8.42 Å². The zero-order valence-corrected chi connectivity index (χ0v) is 16.0. The molecule has 1 saturated heterocycles. The van der Waals surface area contributed by atoms with Crippen molar-refractivity contribution in [1.82, 2.24) is 18.5 Å². The number of nitrogens with zero attached hydrogens (tertiary/aromatic N) is 4. The molecule has 0 bridgehead atoms. The smallest absolute Gasteiger partial charge is 0.249 e. The average Bonchev–Trinajstić information content (AvgIpc) is 3.00. The summed E-state index contributed by atoms with van der Waals surface area (Å²) < 4.78 is 30.3. The van der Waals surface area contributed by atoms with Crippen LogP contribution in [0.25, 0.3) is 5.65 Å².